The Morgan fingerprint density at radius 1 is 1.13 bits per heavy atom. The summed E-state index contributed by atoms with van der Waals surface area (Å²) in [6, 6.07) is 10.6. The van der Waals surface area contributed by atoms with Gasteiger partial charge < -0.3 is 14.3 Å². The molecule has 2 heterocycles. The summed E-state index contributed by atoms with van der Waals surface area (Å²) in [7, 11) is 0. The highest BCUT2D eigenvalue weighted by atomic mass is 16.5. The van der Waals surface area contributed by atoms with Crippen molar-refractivity contribution in [2.45, 2.75) is 40.2 Å². The first kappa shape index (κ1) is 20.0. The number of rotatable bonds is 3. The first-order valence-electron chi connectivity index (χ1n) is 10.0. The third kappa shape index (κ3) is 3.20. The number of fused-ring (bicyclic) bond motifs is 3. The van der Waals surface area contributed by atoms with Crippen LogP contribution in [0.15, 0.2) is 57.3 Å². The summed E-state index contributed by atoms with van der Waals surface area (Å²) in [6.07, 6.45) is 2.02. The van der Waals surface area contributed by atoms with E-state index in [1.165, 1.54) is 6.07 Å². The quantitative estimate of drug-likeness (QED) is 0.475. The van der Waals surface area contributed by atoms with Crippen LogP contribution < -0.4 is 10.4 Å². The van der Waals surface area contributed by atoms with Crippen molar-refractivity contribution in [3.8, 4) is 22.6 Å². The van der Waals surface area contributed by atoms with Gasteiger partial charge in [-0.25, -0.2) is 4.79 Å². The Hall–Kier alpha value is -3.34. The van der Waals surface area contributed by atoms with Crippen molar-refractivity contribution in [1.29, 1.82) is 0 Å². The van der Waals surface area contributed by atoms with Gasteiger partial charge in [-0.05, 0) is 32.8 Å². The highest BCUT2D eigenvalue weighted by Crippen LogP contribution is 2.47. The lowest BCUT2D eigenvalue weighted by Crippen LogP contribution is -2.34. The number of allylic oxidation sites excluding steroid dienone is 2. The van der Waals surface area contributed by atoms with E-state index in [-0.39, 0.29) is 28.8 Å². The number of phenols is 1. The number of carbonyl (C=O) groups is 1. The minimum atomic E-state index is -0.584. The van der Waals surface area contributed by atoms with Crippen LogP contribution in [0.1, 0.15) is 43.6 Å². The summed E-state index contributed by atoms with van der Waals surface area (Å²) in [5, 5.41) is 11.7. The molecule has 0 saturated heterocycles. The normalized spacial score (nSPS) is 18.1. The first-order chi connectivity index (χ1) is 14.3. The monoisotopic (exact) mass is 404 g/mol. The number of aromatic hydroxyl groups is 1. The lowest BCUT2D eigenvalue weighted by atomic mass is 9.86. The Balaban J connectivity index is 2.17. The molecule has 0 spiro atoms. The molecule has 2 atom stereocenters. The molecule has 2 aromatic carbocycles. The second-order valence-electron chi connectivity index (χ2n) is 8.04. The Bertz CT molecular complexity index is 1230. The van der Waals surface area contributed by atoms with Gasteiger partial charge in [0.1, 0.15) is 23.2 Å². The van der Waals surface area contributed by atoms with Crippen LogP contribution in [-0.4, -0.2) is 17.0 Å². The molecule has 1 N–H and O–H groups in total. The zero-order valence-electron chi connectivity index (χ0n) is 17.5. The number of Topliss-reactive ketones (excluding diaryl/α,β-unsaturated/α-hetero) is 1. The first-order valence-corrected chi connectivity index (χ1v) is 10.0. The molecule has 0 saturated carbocycles. The van der Waals surface area contributed by atoms with E-state index in [4.69, 9.17) is 9.15 Å². The number of phenolic OH excluding ortho intramolecular Hbond substituents is 1. The van der Waals surface area contributed by atoms with Crippen molar-refractivity contribution >= 4 is 16.8 Å². The summed E-state index contributed by atoms with van der Waals surface area (Å²) in [5.41, 5.74) is 2.62. The van der Waals surface area contributed by atoms with Crippen molar-refractivity contribution < 1.29 is 19.1 Å². The Kier molecular flexibility index (Phi) is 4.98. The average Bonchev–Trinajstić information content (AvgIpc) is 2.71. The molecular weight excluding hydrogens is 380 g/mol. The number of ether oxygens (including phenoxy) is 1. The van der Waals surface area contributed by atoms with E-state index in [1.807, 2.05) is 57.2 Å². The maximum absolute atomic E-state index is 13.3. The molecule has 2 unspecified atom stereocenters. The average molecular weight is 404 g/mol. The molecule has 30 heavy (non-hydrogen) atoms. The zero-order valence-corrected chi connectivity index (χ0v) is 17.5. The largest absolute Gasteiger partial charge is 0.507 e. The van der Waals surface area contributed by atoms with Crippen molar-refractivity contribution in [3.05, 3.63) is 69.6 Å². The van der Waals surface area contributed by atoms with Crippen LogP contribution in [0.2, 0.25) is 0 Å². The molecule has 5 heteroatoms. The van der Waals surface area contributed by atoms with Crippen LogP contribution in [0.3, 0.4) is 0 Å². The highest BCUT2D eigenvalue weighted by Gasteiger charge is 2.37. The van der Waals surface area contributed by atoms with E-state index in [0.717, 1.165) is 11.1 Å². The van der Waals surface area contributed by atoms with Crippen LogP contribution >= 0.6 is 0 Å². The van der Waals surface area contributed by atoms with E-state index in [2.05, 4.69) is 0 Å². The Morgan fingerprint density at radius 3 is 2.50 bits per heavy atom. The van der Waals surface area contributed by atoms with Crippen molar-refractivity contribution in [3.63, 3.8) is 0 Å². The van der Waals surface area contributed by atoms with E-state index >= 15 is 0 Å². The molecule has 4 rings (SSSR count). The summed E-state index contributed by atoms with van der Waals surface area (Å²) in [5.74, 6) is -0.271. The summed E-state index contributed by atoms with van der Waals surface area (Å²) < 4.78 is 11.6. The number of benzene rings is 2. The fourth-order valence-electron chi connectivity index (χ4n) is 3.84. The minimum Gasteiger partial charge on any atom is -0.507 e. The predicted molar refractivity (Wildman–Crippen MR) is 116 cm³/mol. The maximum atomic E-state index is 13.3. The van der Waals surface area contributed by atoms with Gasteiger partial charge in [-0.1, -0.05) is 48.9 Å². The number of hydrogen-bond donors (Lipinski definition) is 1. The second-order valence-corrected chi connectivity index (χ2v) is 8.04. The molecule has 0 bridgehead atoms. The van der Waals surface area contributed by atoms with E-state index in [0.29, 0.717) is 28.7 Å². The number of hydrogen-bond acceptors (Lipinski definition) is 5. The van der Waals surface area contributed by atoms with Gasteiger partial charge >= 0.3 is 5.63 Å². The SMILES string of the molecule is CC(C)=CCc1c2c(c3oc(=O)cc(-c4ccccc4)c3c1O)C(=O)C(C)C(C)O2. The van der Waals surface area contributed by atoms with Crippen LogP contribution in [0.5, 0.6) is 11.5 Å². The molecule has 3 aromatic rings. The highest BCUT2D eigenvalue weighted by molar-refractivity contribution is 6.15. The van der Waals surface area contributed by atoms with Crippen LogP contribution in [-0.2, 0) is 6.42 Å². The predicted octanol–water partition coefficient (Wildman–Crippen LogP) is 5.27. The topological polar surface area (TPSA) is 76.7 Å². The zero-order chi connectivity index (χ0) is 21.6. The van der Waals surface area contributed by atoms with E-state index < -0.39 is 11.5 Å². The van der Waals surface area contributed by atoms with Gasteiger partial charge in [-0.3, -0.25) is 4.79 Å². The van der Waals surface area contributed by atoms with Gasteiger partial charge in [0.05, 0.1) is 11.3 Å². The van der Waals surface area contributed by atoms with Gasteiger partial charge in [-0.2, -0.15) is 0 Å². The Labute approximate surface area is 174 Å². The fraction of sp³-hybridized carbons (Fsp3) is 0.280. The maximum Gasteiger partial charge on any atom is 0.336 e. The van der Waals surface area contributed by atoms with Gasteiger partial charge in [0.2, 0.25) is 0 Å². The lowest BCUT2D eigenvalue weighted by Gasteiger charge is -2.30. The standard InChI is InChI=1S/C25H24O5/c1-13(2)10-11-17-23(28)20-18(16-8-6-5-7-9-16)12-19(26)30-25(20)21-22(27)14(3)15(4)29-24(17)21/h5-10,12,14-15,28H,11H2,1-4H3. The minimum absolute atomic E-state index is 0.0293. The Morgan fingerprint density at radius 2 is 1.83 bits per heavy atom. The number of carbonyl (C=O) groups excluding carboxylic acids is 1. The summed E-state index contributed by atoms with van der Waals surface area (Å²) in [4.78, 5) is 25.7. The second kappa shape index (κ2) is 7.48. The third-order valence-corrected chi connectivity index (χ3v) is 5.68. The molecule has 0 fully saturated rings. The molecule has 0 radical (unpaired) electrons. The van der Waals surface area contributed by atoms with Crippen LogP contribution in [0.4, 0.5) is 0 Å². The molecule has 1 aromatic heterocycles. The molecule has 5 nitrogen and oxygen atoms in total. The van der Waals surface area contributed by atoms with Gasteiger partial charge in [0.15, 0.2) is 11.4 Å². The molecule has 1 aliphatic heterocycles. The molecule has 154 valence electrons. The molecular formula is C25H24O5. The van der Waals surface area contributed by atoms with Crippen LogP contribution in [0.25, 0.3) is 22.1 Å². The van der Waals surface area contributed by atoms with E-state index in [9.17, 15) is 14.7 Å². The fourth-order valence-corrected chi connectivity index (χ4v) is 3.84. The molecule has 0 amide bonds. The van der Waals surface area contributed by atoms with Crippen molar-refractivity contribution in [2.75, 3.05) is 0 Å². The lowest BCUT2D eigenvalue weighted by molar-refractivity contribution is 0.0728. The van der Waals surface area contributed by atoms with Crippen LogP contribution in [0, 0.1) is 5.92 Å². The smallest absolute Gasteiger partial charge is 0.336 e. The number of ketones is 1. The van der Waals surface area contributed by atoms with Gasteiger partial charge in [0.25, 0.3) is 0 Å². The van der Waals surface area contributed by atoms with E-state index in [1.54, 1.807) is 6.92 Å². The van der Waals surface area contributed by atoms with Crippen molar-refractivity contribution in [2.24, 2.45) is 5.92 Å². The van der Waals surface area contributed by atoms with Gasteiger partial charge in [-0.15, -0.1) is 0 Å². The third-order valence-electron chi connectivity index (χ3n) is 5.68. The molecule has 0 aliphatic carbocycles. The summed E-state index contributed by atoms with van der Waals surface area (Å²) >= 11 is 0. The summed E-state index contributed by atoms with van der Waals surface area (Å²) in [6.45, 7) is 7.56. The molecule has 1 aliphatic rings. The van der Waals surface area contributed by atoms with Gasteiger partial charge in [0, 0.05) is 17.2 Å². The van der Waals surface area contributed by atoms with Crippen molar-refractivity contribution in [1.82, 2.24) is 0 Å².